The number of rotatable bonds is 5. The fourth-order valence-corrected chi connectivity index (χ4v) is 5.21. The summed E-state index contributed by atoms with van der Waals surface area (Å²) >= 11 is 9.17. The van der Waals surface area contributed by atoms with Crippen LogP contribution in [-0.2, 0) is 19.2 Å². The highest BCUT2D eigenvalue weighted by Gasteiger charge is 2.15. The maximum atomic E-state index is 12.6. The molecule has 5 rings (SSSR count). The number of nitrogens with zero attached hydrogens (tertiary/aromatic N) is 5. The molecule has 3 aromatic heterocycles. The number of para-hydroxylation sites is 1. The average molecular weight is 454 g/mol. The van der Waals surface area contributed by atoms with Crippen LogP contribution < -0.4 is 5.56 Å². The number of fused-ring (bicyclic) bond motifs is 3. The molecule has 0 aliphatic carbocycles. The third kappa shape index (κ3) is 3.51. The summed E-state index contributed by atoms with van der Waals surface area (Å²) in [4.78, 5) is 17.3. The van der Waals surface area contributed by atoms with E-state index in [-0.39, 0.29) is 5.56 Å². The van der Waals surface area contributed by atoms with Gasteiger partial charge in [0.05, 0.1) is 21.6 Å². The molecule has 0 aliphatic rings. The lowest BCUT2D eigenvalue weighted by Crippen LogP contribution is -2.20. The molecule has 0 amide bonds. The summed E-state index contributed by atoms with van der Waals surface area (Å²) in [6, 6.07) is 15.4. The van der Waals surface area contributed by atoms with Crippen molar-refractivity contribution in [1.29, 1.82) is 0 Å². The highest BCUT2D eigenvalue weighted by Crippen LogP contribution is 2.26. The third-order valence-electron chi connectivity index (χ3n) is 4.81. The number of aromatic nitrogens is 5. The first-order chi connectivity index (χ1) is 14.6. The van der Waals surface area contributed by atoms with Gasteiger partial charge in [0.2, 0.25) is 5.78 Å². The van der Waals surface area contributed by atoms with Crippen LogP contribution in [-0.4, -0.2) is 24.1 Å². The summed E-state index contributed by atoms with van der Waals surface area (Å²) in [6.45, 7) is 0. The van der Waals surface area contributed by atoms with Crippen LogP contribution in [0.15, 0.2) is 63.9 Å². The van der Waals surface area contributed by atoms with Crippen LogP contribution in [0.4, 0.5) is 0 Å². The van der Waals surface area contributed by atoms with E-state index in [4.69, 9.17) is 16.6 Å². The molecule has 0 unspecified atom stereocenters. The normalized spacial score (nSPS) is 11.5. The fourth-order valence-electron chi connectivity index (χ4n) is 3.32. The Balaban J connectivity index is 1.40. The largest absolute Gasteiger partial charge is 0.279 e. The summed E-state index contributed by atoms with van der Waals surface area (Å²) in [7, 11) is 1.72. The highest BCUT2D eigenvalue weighted by molar-refractivity contribution is 7.98. The van der Waals surface area contributed by atoms with Crippen LogP contribution in [0, 0.1) is 0 Å². The van der Waals surface area contributed by atoms with E-state index in [1.165, 1.54) is 10.1 Å². The predicted molar refractivity (Wildman–Crippen MR) is 122 cm³/mol. The molecular weight excluding hydrogens is 438 g/mol. The maximum Gasteiger partial charge on any atom is 0.262 e. The molecule has 0 spiro atoms. The smallest absolute Gasteiger partial charge is 0.262 e. The number of hydrogen-bond donors (Lipinski definition) is 0. The highest BCUT2D eigenvalue weighted by atomic mass is 35.5. The molecule has 0 aliphatic heterocycles. The Hall–Kier alpha value is -2.68. The van der Waals surface area contributed by atoms with E-state index in [2.05, 4.69) is 15.6 Å². The van der Waals surface area contributed by atoms with E-state index in [0.29, 0.717) is 16.9 Å². The van der Waals surface area contributed by atoms with Gasteiger partial charge in [-0.15, -0.1) is 21.5 Å². The van der Waals surface area contributed by atoms with Crippen molar-refractivity contribution in [2.75, 3.05) is 0 Å². The van der Waals surface area contributed by atoms with Gasteiger partial charge in [-0.25, -0.2) is 4.98 Å². The first-order valence-corrected chi connectivity index (χ1v) is 11.5. The lowest BCUT2D eigenvalue weighted by molar-refractivity contribution is 0.853. The second-order valence-electron chi connectivity index (χ2n) is 6.82. The Kier molecular flexibility index (Phi) is 5.06. The van der Waals surface area contributed by atoms with Gasteiger partial charge >= 0.3 is 0 Å². The van der Waals surface area contributed by atoms with Gasteiger partial charge in [-0.05, 0) is 29.8 Å². The molecule has 0 radical (unpaired) electrons. The van der Waals surface area contributed by atoms with Crippen LogP contribution in [0.1, 0.15) is 16.3 Å². The van der Waals surface area contributed by atoms with Gasteiger partial charge in [-0.3, -0.25) is 13.8 Å². The summed E-state index contributed by atoms with van der Waals surface area (Å²) < 4.78 is 3.47. The Morgan fingerprint density at radius 3 is 2.73 bits per heavy atom. The van der Waals surface area contributed by atoms with Gasteiger partial charge in [0, 0.05) is 29.6 Å². The molecular formula is C21H16ClN5OS2. The van der Waals surface area contributed by atoms with Crippen molar-refractivity contribution < 1.29 is 0 Å². The molecule has 5 aromatic rings. The van der Waals surface area contributed by atoms with Gasteiger partial charge in [-0.1, -0.05) is 47.6 Å². The topological polar surface area (TPSA) is 65.1 Å². The van der Waals surface area contributed by atoms with Crippen LogP contribution in [0.3, 0.4) is 0 Å². The molecule has 3 heterocycles. The lowest BCUT2D eigenvalue weighted by Gasteiger charge is -2.07. The monoisotopic (exact) mass is 453 g/mol. The molecule has 2 aromatic carbocycles. The molecule has 0 saturated carbocycles. The van der Waals surface area contributed by atoms with Crippen molar-refractivity contribution in [3.63, 3.8) is 0 Å². The maximum absolute atomic E-state index is 12.6. The molecule has 0 N–H and O–H groups in total. The SMILES string of the molecule is Cn1c(=O)c2ccccc2n2c(SCc3csc(Cc4ccc(Cl)cc4)n3)nnc12. The van der Waals surface area contributed by atoms with Crippen LogP contribution in [0.2, 0.25) is 5.02 Å². The van der Waals surface area contributed by atoms with Crippen LogP contribution in [0.25, 0.3) is 16.7 Å². The lowest BCUT2D eigenvalue weighted by atomic mass is 10.2. The molecule has 0 saturated heterocycles. The zero-order valence-corrected chi connectivity index (χ0v) is 18.3. The standard InChI is InChI=1S/C21H16ClN5OS2/c1-26-19(28)16-4-2-3-5-17(16)27-20(26)24-25-21(27)30-12-15-11-29-18(23-15)10-13-6-8-14(22)9-7-13/h2-9,11H,10,12H2,1H3. The van der Waals surface area contributed by atoms with E-state index >= 15 is 0 Å². The molecule has 6 nitrogen and oxygen atoms in total. The number of halogens is 1. The van der Waals surface area contributed by atoms with Crippen molar-refractivity contribution in [3.05, 3.63) is 85.6 Å². The minimum atomic E-state index is -0.0756. The molecule has 0 atom stereocenters. The second kappa shape index (κ2) is 7.86. The van der Waals surface area contributed by atoms with Gasteiger partial charge in [-0.2, -0.15) is 0 Å². The third-order valence-corrected chi connectivity index (χ3v) is 6.93. The molecule has 0 bridgehead atoms. The first-order valence-electron chi connectivity index (χ1n) is 9.23. The van der Waals surface area contributed by atoms with E-state index < -0.39 is 0 Å². The summed E-state index contributed by atoms with van der Waals surface area (Å²) in [5.74, 6) is 1.21. The van der Waals surface area contributed by atoms with Gasteiger partial charge < -0.3 is 0 Å². The van der Waals surface area contributed by atoms with Gasteiger partial charge in [0.1, 0.15) is 0 Å². The molecule has 150 valence electrons. The zero-order chi connectivity index (χ0) is 20.7. The average Bonchev–Trinajstić information content (AvgIpc) is 3.39. The van der Waals surface area contributed by atoms with Crippen molar-refractivity contribution >= 4 is 51.4 Å². The summed E-state index contributed by atoms with van der Waals surface area (Å²) in [5, 5.41) is 13.8. The number of aryl methyl sites for hydroxylation is 1. The molecule has 30 heavy (non-hydrogen) atoms. The number of thiazole rings is 1. The summed E-state index contributed by atoms with van der Waals surface area (Å²) in [5.41, 5.74) is 2.92. The fraction of sp³-hybridized carbons (Fsp3) is 0.143. The minimum Gasteiger partial charge on any atom is -0.279 e. The minimum absolute atomic E-state index is 0.0756. The Labute approximate surface area is 185 Å². The first kappa shape index (κ1) is 19.3. The van der Waals surface area contributed by atoms with Crippen LogP contribution >= 0.6 is 34.7 Å². The van der Waals surface area contributed by atoms with Gasteiger partial charge in [0.25, 0.3) is 5.56 Å². The van der Waals surface area contributed by atoms with Crippen LogP contribution in [0.5, 0.6) is 0 Å². The number of benzene rings is 2. The van der Waals surface area contributed by atoms with Crippen molar-refractivity contribution in [2.24, 2.45) is 7.05 Å². The zero-order valence-electron chi connectivity index (χ0n) is 15.9. The van der Waals surface area contributed by atoms with Crippen molar-refractivity contribution in [3.8, 4) is 0 Å². The van der Waals surface area contributed by atoms with E-state index in [1.807, 2.05) is 52.9 Å². The molecule has 0 fully saturated rings. The summed E-state index contributed by atoms with van der Waals surface area (Å²) in [6.07, 6.45) is 0.785. The van der Waals surface area contributed by atoms with Gasteiger partial charge in [0.15, 0.2) is 5.16 Å². The van der Waals surface area contributed by atoms with E-state index in [9.17, 15) is 4.79 Å². The Morgan fingerprint density at radius 1 is 1.10 bits per heavy atom. The predicted octanol–water partition coefficient (Wildman–Crippen LogP) is 4.57. The number of hydrogen-bond acceptors (Lipinski definition) is 6. The molecule has 9 heteroatoms. The van der Waals surface area contributed by atoms with E-state index in [0.717, 1.165) is 32.8 Å². The van der Waals surface area contributed by atoms with Crippen molar-refractivity contribution in [1.82, 2.24) is 24.1 Å². The van der Waals surface area contributed by atoms with Crippen molar-refractivity contribution in [2.45, 2.75) is 17.3 Å². The van der Waals surface area contributed by atoms with E-state index in [1.54, 1.807) is 30.1 Å². The Bertz CT molecular complexity index is 1420. The number of thioether (sulfide) groups is 1. The Morgan fingerprint density at radius 2 is 1.90 bits per heavy atom. The quantitative estimate of drug-likeness (QED) is 0.364. The second-order valence-corrected chi connectivity index (χ2v) is 9.15.